The van der Waals surface area contributed by atoms with Gasteiger partial charge in [0.25, 0.3) is 0 Å². The molecule has 0 unspecified atom stereocenters. The molecule has 0 aromatic rings. The van der Waals surface area contributed by atoms with Crippen LogP contribution in [0.25, 0.3) is 0 Å². The van der Waals surface area contributed by atoms with Crippen molar-refractivity contribution < 1.29 is 22.6 Å². The van der Waals surface area contributed by atoms with Gasteiger partial charge in [-0.1, -0.05) is 12.2 Å². The van der Waals surface area contributed by atoms with Crippen LogP contribution < -0.4 is 22.6 Å². The van der Waals surface area contributed by atoms with Gasteiger partial charge in [0.05, 0.1) is 0 Å². The molecule has 0 heterocycles. The molecule has 0 bridgehead atoms. The van der Waals surface area contributed by atoms with Gasteiger partial charge in [-0.15, -0.1) is 0 Å². The predicted molar refractivity (Wildman–Crippen MR) is 25.4 cm³/mol. The van der Waals surface area contributed by atoms with E-state index < -0.39 is 0 Å². The second kappa shape index (κ2) is 5.74. The molecule has 0 rings (SSSR count). The molecule has 32 valence electrons. The summed E-state index contributed by atoms with van der Waals surface area (Å²) in [5.41, 5.74) is 0. The normalized spacial score (nSPS) is 11.5. The quantitative estimate of drug-likeness (QED) is 0.252. The van der Waals surface area contributed by atoms with Gasteiger partial charge in [0.15, 0.2) is 0 Å². The Kier molecular flexibility index (Phi) is 6.45. The minimum Gasteiger partial charge on any atom is -0.767 e. The zero-order valence-electron chi connectivity index (χ0n) is 3.39. The molecular weight excluding hydrogens is 202 g/mol. The smallest absolute Gasteiger partial charge is 0.210 e. The average Bonchev–Trinajstić information content (AvgIpc) is 1.61. The fraction of sp³-hybridized carbons (Fsp3) is 0. The Bertz CT molecular complexity index is 55.9. The Hall–Kier alpha value is 0.742. The summed E-state index contributed by atoms with van der Waals surface area (Å²) in [6.07, 6.45) is 4.00. The Morgan fingerprint density at radius 2 is 2.00 bits per heavy atom. The molecule has 0 amide bonds. The van der Waals surface area contributed by atoms with Crippen LogP contribution in [0, 0.1) is 0 Å². The maximum absolute atomic E-state index is 2.18. The highest BCUT2D eigenvalue weighted by Crippen LogP contribution is 1.62. The second-order valence-corrected chi connectivity index (χ2v) is 1.94. The van der Waals surface area contributed by atoms with Crippen LogP contribution in [0.15, 0.2) is 21.2 Å². The van der Waals surface area contributed by atoms with E-state index in [2.05, 4.69) is 22.6 Å². The van der Waals surface area contributed by atoms with Crippen LogP contribution in [0.3, 0.4) is 0 Å². The first-order valence-corrected chi connectivity index (χ1v) is 3.69. The zero-order chi connectivity index (χ0) is 4.83. The molecule has 0 saturated carbocycles. The van der Waals surface area contributed by atoms with Crippen LogP contribution in [0.4, 0.5) is 0 Å². The van der Waals surface area contributed by atoms with Crippen LogP contribution >= 0.6 is 0 Å². The van der Waals surface area contributed by atoms with Gasteiger partial charge in [0, 0.05) is 0 Å². The Morgan fingerprint density at radius 1 is 1.33 bits per heavy atom. The zero-order valence-corrected chi connectivity index (χ0v) is 6.97. The molecule has 6 heavy (non-hydrogen) atoms. The molecule has 0 N–H and O–H groups in total. The topological polar surface area (TPSA) is 0 Å². The third kappa shape index (κ3) is 4.74. The fourth-order valence-electron chi connectivity index (χ4n) is 0.121. The van der Waals surface area contributed by atoms with Crippen molar-refractivity contribution in [3.05, 3.63) is 21.2 Å². The monoisotopic (exact) mass is 207 g/mol. The van der Waals surface area contributed by atoms with Crippen molar-refractivity contribution in [1.82, 2.24) is 0 Å². The maximum Gasteiger partial charge on any atom is 0.210 e. The third-order valence-corrected chi connectivity index (χ3v) is 1.01. The van der Waals surface area contributed by atoms with Crippen molar-refractivity contribution in [2.75, 3.05) is 0 Å². The molecule has 0 nitrogen and oxygen atoms in total. The van der Waals surface area contributed by atoms with Gasteiger partial charge in [-0.25, -0.2) is 4.08 Å². The highest BCUT2D eigenvalue weighted by molar-refractivity contribution is 6.17. The summed E-state index contributed by atoms with van der Waals surface area (Å²) in [4.78, 5) is 2.02. The molecule has 0 saturated heterocycles. The van der Waals surface area contributed by atoms with E-state index in [4.69, 9.17) is 0 Å². The van der Waals surface area contributed by atoms with Crippen LogP contribution in [-0.4, -0.2) is 16.3 Å². The largest absolute Gasteiger partial charge is 0.767 e. The molecule has 0 aromatic carbocycles. The van der Waals surface area contributed by atoms with E-state index in [-0.39, 0.29) is 0 Å². The van der Waals surface area contributed by atoms with Crippen molar-refractivity contribution in [1.29, 1.82) is 0 Å². The van der Waals surface area contributed by atoms with Gasteiger partial charge < -0.3 is 22.6 Å². The SMILES string of the molecule is [AlH][CH]=CC=C[I-]. The first-order valence-electron chi connectivity index (χ1n) is 1.63. The molecular formula is C4H5AlI-. The van der Waals surface area contributed by atoms with Crippen molar-refractivity contribution in [3.8, 4) is 0 Å². The number of halogens is 1. The number of rotatable bonds is 1. The summed E-state index contributed by atoms with van der Waals surface area (Å²) in [5.74, 6) is 0. The Balaban J connectivity index is 3.07. The van der Waals surface area contributed by atoms with Gasteiger partial charge in [0.2, 0.25) is 16.3 Å². The molecule has 0 aliphatic carbocycles. The molecule has 2 radical (unpaired) electrons. The second-order valence-electron chi connectivity index (χ2n) is 0.747. The van der Waals surface area contributed by atoms with E-state index in [1.54, 1.807) is 0 Å². The van der Waals surface area contributed by atoms with Crippen LogP contribution in [0.1, 0.15) is 0 Å². The predicted octanol–water partition coefficient (Wildman–Crippen LogP) is -2.53. The molecule has 0 aliphatic heterocycles. The van der Waals surface area contributed by atoms with E-state index in [0.717, 1.165) is 0 Å². The van der Waals surface area contributed by atoms with Gasteiger partial charge in [-0.05, 0) is 0 Å². The minimum absolute atomic E-state index is 1.83. The molecule has 0 fully saturated rings. The van der Waals surface area contributed by atoms with Gasteiger partial charge in [-0.2, -0.15) is 4.94 Å². The maximum atomic E-state index is 2.18. The summed E-state index contributed by atoms with van der Waals surface area (Å²) in [6, 6.07) is 0. The fourth-order valence-corrected chi connectivity index (χ4v) is 0.517. The van der Waals surface area contributed by atoms with Crippen molar-refractivity contribution in [3.63, 3.8) is 0 Å². The van der Waals surface area contributed by atoms with E-state index >= 15 is 0 Å². The van der Waals surface area contributed by atoms with E-state index in [1.807, 2.05) is 37.5 Å². The molecule has 0 aromatic heterocycles. The summed E-state index contributed by atoms with van der Waals surface area (Å²) in [6.45, 7) is 0. The molecule has 0 aliphatic rings. The Morgan fingerprint density at radius 3 is 2.17 bits per heavy atom. The first kappa shape index (κ1) is 6.74. The van der Waals surface area contributed by atoms with E-state index in [0.29, 0.717) is 0 Å². The summed E-state index contributed by atoms with van der Waals surface area (Å²) < 4.78 is 1.97. The van der Waals surface area contributed by atoms with E-state index in [1.165, 1.54) is 0 Å². The lowest BCUT2D eigenvalue weighted by atomic mass is 10.6. The lowest BCUT2D eigenvalue weighted by Gasteiger charge is -1.78. The Labute approximate surface area is 59.9 Å². The van der Waals surface area contributed by atoms with Crippen molar-refractivity contribution >= 4 is 16.3 Å². The van der Waals surface area contributed by atoms with Crippen molar-refractivity contribution in [2.45, 2.75) is 0 Å². The average molecular weight is 207 g/mol. The molecule has 0 spiro atoms. The minimum atomic E-state index is 1.83. The lowest BCUT2D eigenvalue weighted by Crippen LogP contribution is -3.30. The highest BCUT2D eigenvalue weighted by atomic mass is 127. The van der Waals surface area contributed by atoms with Gasteiger partial charge >= 0.3 is 0 Å². The van der Waals surface area contributed by atoms with Gasteiger partial charge in [-0.3, -0.25) is 0 Å². The number of hydrogen-bond donors (Lipinski definition) is 0. The van der Waals surface area contributed by atoms with Crippen LogP contribution in [-0.2, 0) is 0 Å². The standard InChI is InChI=1S/C4H4I.Al.H/c1-2-3-4-5;;/h1-4H;;/q-1;;. The molecule has 0 atom stereocenters. The summed E-state index contributed by atoms with van der Waals surface area (Å²) >= 11 is 4.01. The number of hydrogen-bond acceptors (Lipinski definition) is 0. The summed E-state index contributed by atoms with van der Waals surface area (Å²) in [7, 11) is 0. The van der Waals surface area contributed by atoms with E-state index in [9.17, 15) is 0 Å². The van der Waals surface area contributed by atoms with Crippen LogP contribution in [0.5, 0.6) is 0 Å². The first-order chi connectivity index (χ1) is 2.91. The number of allylic oxidation sites excluding steroid dienone is 2. The third-order valence-electron chi connectivity index (χ3n) is 0.320. The van der Waals surface area contributed by atoms with Gasteiger partial charge in [0.1, 0.15) is 0 Å². The van der Waals surface area contributed by atoms with Crippen molar-refractivity contribution in [2.24, 2.45) is 0 Å². The summed E-state index contributed by atoms with van der Waals surface area (Å²) in [5, 5.41) is 0. The van der Waals surface area contributed by atoms with Crippen LogP contribution in [0.2, 0.25) is 0 Å². The highest BCUT2D eigenvalue weighted by Gasteiger charge is 1.44. The lowest BCUT2D eigenvalue weighted by molar-refractivity contribution is -0.274. The molecule has 2 heteroatoms.